The maximum Gasteiger partial charge on any atom is 0.119 e. The molecule has 0 saturated carbocycles. The molecule has 0 bridgehead atoms. The summed E-state index contributed by atoms with van der Waals surface area (Å²) in [5.74, 6) is 0.951. The third-order valence-corrected chi connectivity index (χ3v) is 2.64. The lowest BCUT2D eigenvalue weighted by Crippen LogP contribution is -2.36. The van der Waals surface area contributed by atoms with Crippen LogP contribution in [0.3, 0.4) is 0 Å². The van der Waals surface area contributed by atoms with Crippen molar-refractivity contribution in [3.05, 3.63) is 35.4 Å². The molecule has 2 nitrogen and oxygen atoms in total. The molecule has 0 radical (unpaired) electrons. The monoisotopic (exact) mass is 261 g/mol. The van der Waals surface area contributed by atoms with E-state index in [0.717, 1.165) is 25.3 Å². The summed E-state index contributed by atoms with van der Waals surface area (Å²) >= 11 is 0. The SMILES string of the molecule is CCCOc1cccc(C=C(C)CNC(C)(C)C)c1. The van der Waals surface area contributed by atoms with Gasteiger partial charge in [0.25, 0.3) is 0 Å². The van der Waals surface area contributed by atoms with E-state index < -0.39 is 0 Å². The summed E-state index contributed by atoms with van der Waals surface area (Å²) in [4.78, 5) is 0. The lowest BCUT2D eigenvalue weighted by atomic mass is 10.1. The predicted octanol–water partition coefficient (Wildman–Crippen LogP) is 4.27. The van der Waals surface area contributed by atoms with Gasteiger partial charge in [0.05, 0.1) is 6.61 Å². The molecule has 0 aliphatic rings. The van der Waals surface area contributed by atoms with E-state index in [4.69, 9.17) is 4.74 Å². The number of benzene rings is 1. The molecule has 19 heavy (non-hydrogen) atoms. The Morgan fingerprint density at radius 3 is 2.68 bits per heavy atom. The first-order chi connectivity index (χ1) is 8.90. The molecule has 0 saturated heterocycles. The van der Waals surface area contributed by atoms with Gasteiger partial charge < -0.3 is 10.1 Å². The van der Waals surface area contributed by atoms with Crippen LogP contribution in [0, 0.1) is 0 Å². The molecule has 1 rings (SSSR count). The van der Waals surface area contributed by atoms with E-state index in [2.05, 4.69) is 58.1 Å². The van der Waals surface area contributed by atoms with Crippen LogP contribution in [0.5, 0.6) is 5.75 Å². The molecule has 0 unspecified atom stereocenters. The van der Waals surface area contributed by atoms with E-state index in [0.29, 0.717) is 0 Å². The predicted molar refractivity (Wildman–Crippen MR) is 83.6 cm³/mol. The van der Waals surface area contributed by atoms with Crippen molar-refractivity contribution in [1.29, 1.82) is 0 Å². The second kappa shape index (κ2) is 7.34. The van der Waals surface area contributed by atoms with Crippen LogP contribution in [0.15, 0.2) is 29.8 Å². The largest absolute Gasteiger partial charge is 0.494 e. The number of hydrogen-bond acceptors (Lipinski definition) is 2. The summed E-state index contributed by atoms with van der Waals surface area (Å²) in [7, 11) is 0. The van der Waals surface area contributed by atoms with Crippen LogP contribution in [-0.4, -0.2) is 18.7 Å². The Morgan fingerprint density at radius 1 is 1.32 bits per heavy atom. The van der Waals surface area contributed by atoms with Gasteiger partial charge in [0.2, 0.25) is 0 Å². The zero-order chi connectivity index (χ0) is 14.3. The van der Waals surface area contributed by atoms with Gasteiger partial charge in [-0.2, -0.15) is 0 Å². The standard InChI is InChI=1S/C17H27NO/c1-6-10-19-16-9-7-8-15(12-16)11-14(2)13-18-17(3,4)5/h7-9,11-12,18H,6,10,13H2,1-5H3. The average molecular weight is 261 g/mol. The van der Waals surface area contributed by atoms with E-state index in [1.165, 1.54) is 11.1 Å². The first kappa shape index (κ1) is 15.8. The van der Waals surface area contributed by atoms with Gasteiger partial charge in [-0.1, -0.05) is 30.7 Å². The quantitative estimate of drug-likeness (QED) is 0.826. The molecule has 1 aromatic rings. The van der Waals surface area contributed by atoms with Crippen molar-refractivity contribution in [3.63, 3.8) is 0 Å². The minimum absolute atomic E-state index is 0.154. The van der Waals surface area contributed by atoms with Crippen LogP contribution in [0.1, 0.15) is 46.6 Å². The van der Waals surface area contributed by atoms with Crippen molar-refractivity contribution in [1.82, 2.24) is 5.32 Å². The lowest BCUT2D eigenvalue weighted by molar-refractivity contribution is 0.317. The highest BCUT2D eigenvalue weighted by Crippen LogP contribution is 2.16. The summed E-state index contributed by atoms with van der Waals surface area (Å²) in [6.45, 7) is 12.5. The number of nitrogens with one attached hydrogen (secondary N) is 1. The third kappa shape index (κ3) is 7.02. The van der Waals surface area contributed by atoms with Crippen LogP contribution in [0.2, 0.25) is 0 Å². The average Bonchev–Trinajstić information content (AvgIpc) is 2.33. The van der Waals surface area contributed by atoms with E-state index in [9.17, 15) is 0 Å². The molecular weight excluding hydrogens is 234 g/mol. The van der Waals surface area contributed by atoms with Gasteiger partial charge in [0.1, 0.15) is 5.75 Å². The van der Waals surface area contributed by atoms with Crippen molar-refractivity contribution in [3.8, 4) is 5.75 Å². The maximum atomic E-state index is 5.65. The fourth-order valence-electron chi connectivity index (χ4n) is 1.65. The molecule has 2 heteroatoms. The van der Waals surface area contributed by atoms with Crippen molar-refractivity contribution < 1.29 is 4.74 Å². The molecular formula is C17H27NO. The molecule has 0 atom stereocenters. The minimum Gasteiger partial charge on any atom is -0.494 e. The fourth-order valence-corrected chi connectivity index (χ4v) is 1.65. The van der Waals surface area contributed by atoms with Gasteiger partial charge in [0, 0.05) is 12.1 Å². The Morgan fingerprint density at radius 2 is 2.05 bits per heavy atom. The molecule has 0 aromatic heterocycles. The summed E-state index contributed by atoms with van der Waals surface area (Å²) < 4.78 is 5.65. The van der Waals surface area contributed by atoms with Crippen LogP contribution >= 0.6 is 0 Å². The summed E-state index contributed by atoms with van der Waals surface area (Å²) in [5, 5.41) is 3.49. The number of hydrogen-bond donors (Lipinski definition) is 1. The van der Waals surface area contributed by atoms with Crippen molar-refractivity contribution in [2.24, 2.45) is 0 Å². The van der Waals surface area contributed by atoms with Gasteiger partial charge in [-0.25, -0.2) is 0 Å². The van der Waals surface area contributed by atoms with Gasteiger partial charge in [-0.15, -0.1) is 0 Å². The Bertz CT molecular complexity index is 416. The molecule has 106 valence electrons. The van der Waals surface area contributed by atoms with E-state index in [-0.39, 0.29) is 5.54 Å². The van der Waals surface area contributed by atoms with Gasteiger partial charge >= 0.3 is 0 Å². The van der Waals surface area contributed by atoms with E-state index in [1.54, 1.807) is 0 Å². The summed E-state index contributed by atoms with van der Waals surface area (Å²) in [6, 6.07) is 8.26. The lowest BCUT2D eigenvalue weighted by Gasteiger charge is -2.20. The van der Waals surface area contributed by atoms with Crippen molar-refractivity contribution in [2.45, 2.75) is 46.6 Å². The van der Waals surface area contributed by atoms with E-state index in [1.807, 2.05) is 12.1 Å². The number of rotatable bonds is 6. The Hall–Kier alpha value is -1.28. The summed E-state index contributed by atoms with van der Waals surface area (Å²) in [6.07, 6.45) is 3.24. The zero-order valence-electron chi connectivity index (χ0n) is 12.9. The number of ether oxygens (including phenoxy) is 1. The Balaban J connectivity index is 2.64. The maximum absolute atomic E-state index is 5.65. The first-order valence-corrected chi connectivity index (χ1v) is 7.06. The van der Waals surface area contributed by atoms with Gasteiger partial charge in [-0.05, 0) is 51.8 Å². The highest BCUT2D eigenvalue weighted by atomic mass is 16.5. The molecule has 0 heterocycles. The molecule has 0 aliphatic carbocycles. The van der Waals surface area contributed by atoms with Gasteiger partial charge in [0.15, 0.2) is 0 Å². The van der Waals surface area contributed by atoms with Crippen molar-refractivity contribution in [2.75, 3.05) is 13.2 Å². The van der Waals surface area contributed by atoms with Crippen LogP contribution in [0.4, 0.5) is 0 Å². The summed E-state index contributed by atoms with van der Waals surface area (Å²) in [5.41, 5.74) is 2.67. The molecule has 0 amide bonds. The Kier molecular flexibility index (Phi) is 6.10. The smallest absolute Gasteiger partial charge is 0.119 e. The topological polar surface area (TPSA) is 21.3 Å². The zero-order valence-corrected chi connectivity index (χ0v) is 12.9. The highest BCUT2D eigenvalue weighted by Gasteiger charge is 2.07. The third-order valence-electron chi connectivity index (χ3n) is 2.64. The van der Waals surface area contributed by atoms with Gasteiger partial charge in [-0.3, -0.25) is 0 Å². The second-order valence-corrected chi connectivity index (χ2v) is 6.02. The molecule has 1 N–H and O–H groups in total. The Labute approximate surface area is 117 Å². The highest BCUT2D eigenvalue weighted by molar-refractivity contribution is 5.54. The van der Waals surface area contributed by atoms with Crippen LogP contribution in [0.25, 0.3) is 6.08 Å². The van der Waals surface area contributed by atoms with Crippen LogP contribution in [-0.2, 0) is 0 Å². The second-order valence-electron chi connectivity index (χ2n) is 6.02. The molecule has 1 aromatic carbocycles. The van der Waals surface area contributed by atoms with Crippen molar-refractivity contribution >= 4 is 6.08 Å². The molecule has 0 spiro atoms. The van der Waals surface area contributed by atoms with Crippen LogP contribution < -0.4 is 10.1 Å². The normalized spacial score (nSPS) is 12.6. The first-order valence-electron chi connectivity index (χ1n) is 7.06. The molecule has 0 fully saturated rings. The van der Waals surface area contributed by atoms with E-state index >= 15 is 0 Å². The molecule has 0 aliphatic heterocycles. The minimum atomic E-state index is 0.154. The fraction of sp³-hybridized carbons (Fsp3) is 0.529.